The zero-order chi connectivity index (χ0) is 16.4. The molecule has 1 heteroatoms. The molecule has 24 heavy (non-hydrogen) atoms. The van der Waals surface area contributed by atoms with Gasteiger partial charge in [-0.25, -0.2) is 0 Å². The quantitative estimate of drug-likeness (QED) is 0.207. The summed E-state index contributed by atoms with van der Waals surface area (Å²) in [6, 6.07) is 20.3. The van der Waals surface area contributed by atoms with E-state index in [0.717, 1.165) is 0 Å². The van der Waals surface area contributed by atoms with Gasteiger partial charge in [-0.3, -0.25) is 0 Å². The highest BCUT2D eigenvalue weighted by atomic mass is 32.1. The largest absolute Gasteiger partial charge is 0.140 e. The predicted octanol–water partition coefficient (Wildman–Crippen LogP) is 7.29. The zero-order valence-electron chi connectivity index (χ0n) is 14.1. The molecule has 0 saturated carbocycles. The van der Waals surface area contributed by atoms with Gasteiger partial charge < -0.3 is 0 Å². The maximum atomic E-state index is 2.37. The Balaban J connectivity index is 2.07. The summed E-state index contributed by atoms with van der Waals surface area (Å²) in [5.74, 6) is 0. The van der Waals surface area contributed by atoms with Gasteiger partial charge >= 0.3 is 0 Å². The topological polar surface area (TPSA) is 0 Å². The minimum atomic E-state index is 1.31. The van der Waals surface area contributed by atoms with E-state index in [1.165, 1.54) is 58.4 Å². The van der Waals surface area contributed by atoms with Crippen molar-refractivity contribution in [2.75, 3.05) is 0 Å². The van der Waals surface area contributed by atoms with Crippen LogP contribution in [0, 0.1) is 20.8 Å². The fourth-order valence-electron chi connectivity index (χ4n) is 4.01. The molecular weight excluding hydrogens is 308 g/mol. The Morgan fingerprint density at radius 3 is 2.21 bits per heavy atom. The predicted molar refractivity (Wildman–Crippen MR) is 109 cm³/mol. The van der Waals surface area contributed by atoms with E-state index < -0.39 is 0 Å². The second kappa shape index (κ2) is 4.81. The molecule has 4 aromatic carbocycles. The van der Waals surface area contributed by atoms with Crippen molar-refractivity contribution in [1.82, 2.24) is 0 Å². The van der Waals surface area contributed by atoms with Crippen molar-refractivity contribution in [1.29, 1.82) is 0 Å². The summed E-state index contributed by atoms with van der Waals surface area (Å²) in [6.45, 7) is 6.74. The van der Waals surface area contributed by atoms with Gasteiger partial charge in [0.15, 0.2) is 0 Å². The Hall–Kier alpha value is -2.38. The van der Waals surface area contributed by atoms with Crippen molar-refractivity contribution in [3.05, 3.63) is 70.6 Å². The van der Waals surface area contributed by atoms with Gasteiger partial charge in [-0.2, -0.15) is 0 Å². The second-order valence-electron chi connectivity index (χ2n) is 6.76. The highest BCUT2D eigenvalue weighted by Crippen LogP contribution is 2.40. The first-order chi connectivity index (χ1) is 11.6. The van der Waals surface area contributed by atoms with E-state index in [2.05, 4.69) is 75.4 Å². The number of benzene rings is 4. The Kier molecular flexibility index (Phi) is 2.81. The van der Waals surface area contributed by atoms with Crippen molar-refractivity contribution >= 4 is 53.7 Å². The van der Waals surface area contributed by atoms with E-state index in [1.807, 2.05) is 11.3 Å². The van der Waals surface area contributed by atoms with E-state index in [1.54, 1.807) is 0 Å². The van der Waals surface area contributed by atoms with Crippen molar-refractivity contribution < 1.29 is 0 Å². The lowest BCUT2D eigenvalue weighted by Crippen LogP contribution is -1.85. The van der Waals surface area contributed by atoms with Crippen molar-refractivity contribution in [2.45, 2.75) is 20.8 Å². The highest BCUT2D eigenvalue weighted by Gasteiger charge is 2.13. The molecule has 0 saturated heterocycles. The summed E-state index contributed by atoms with van der Waals surface area (Å²) in [5.41, 5.74) is 2.81. The van der Waals surface area contributed by atoms with E-state index in [4.69, 9.17) is 0 Å². The Labute approximate surface area is 145 Å². The summed E-state index contributed by atoms with van der Waals surface area (Å²) in [7, 11) is 0. The monoisotopic (exact) mass is 326 g/mol. The Bertz CT molecular complexity index is 1270. The van der Waals surface area contributed by atoms with Crippen LogP contribution in [0.2, 0.25) is 0 Å². The first-order valence-corrected chi connectivity index (χ1v) is 9.19. The molecule has 0 radical (unpaired) electrons. The van der Waals surface area contributed by atoms with E-state index in [0.29, 0.717) is 0 Å². The second-order valence-corrected chi connectivity index (χ2v) is 8.01. The van der Waals surface area contributed by atoms with Gasteiger partial charge in [-0.05, 0) is 82.4 Å². The highest BCUT2D eigenvalue weighted by molar-refractivity contribution is 7.19. The van der Waals surface area contributed by atoms with Crippen LogP contribution < -0.4 is 0 Å². The van der Waals surface area contributed by atoms with Gasteiger partial charge in [-0.1, -0.05) is 36.4 Å². The number of aryl methyl sites for hydroxylation is 3. The van der Waals surface area contributed by atoms with Crippen molar-refractivity contribution in [3.8, 4) is 0 Å². The molecule has 0 atom stereocenters. The van der Waals surface area contributed by atoms with Crippen LogP contribution in [0.4, 0.5) is 0 Å². The molecule has 0 spiro atoms. The molecule has 1 aromatic heterocycles. The molecule has 0 nitrogen and oxygen atoms in total. The molecule has 5 aromatic rings. The molecule has 0 unspecified atom stereocenters. The third kappa shape index (κ3) is 1.79. The maximum Gasteiger partial charge on any atom is 0.0357 e. The maximum absolute atomic E-state index is 2.37. The van der Waals surface area contributed by atoms with Crippen LogP contribution in [-0.2, 0) is 0 Å². The molecule has 116 valence electrons. The SMILES string of the molecule is Cc1sc2cc(C)c3c4cc5ccccc5cc4ccc3c2c1C. The standard InChI is InChI=1S/C23H18S/c1-13-10-21-23(14(2)15(3)24-21)19-9-8-18-11-16-6-4-5-7-17(16)12-20(18)22(13)19/h4-12H,1-3H3. The van der Waals surface area contributed by atoms with Crippen molar-refractivity contribution in [3.63, 3.8) is 0 Å². The average molecular weight is 326 g/mol. The Morgan fingerprint density at radius 1 is 0.667 bits per heavy atom. The molecule has 1 heterocycles. The first kappa shape index (κ1) is 14.0. The third-order valence-corrected chi connectivity index (χ3v) is 6.46. The number of thiophene rings is 1. The van der Waals surface area contributed by atoms with Gasteiger partial charge in [0, 0.05) is 15.0 Å². The lowest BCUT2D eigenvalue weighted by atomic mass is 9.93. The van der Waals surface area contributed by atoms with Crippen LogP contribution in [0.25, 0.3) is 42.4 Å². The van der Waals surface area contributed by atoms with E-state index in [-0.39, 0.29) is 0 Å². The van der Waals surface area contributed by atoms with Crippen LogP contribution in [0.1, 0.15) is 16.0 Å². The number of hydrogen-bond donors (Lipinski definition) is 0. The van der Waals surface area contributed by atoms with Gasteiger partial charge in [-0.15, -0.1) is 11.3 Å². The molecule has 0 amide bonds. The van der Waals surface area contributed by atoms with Crippen molar-refractivity contribution in [2.24, 2.45) is 0 Å². The van der Waals surface area contributed by atoms with Crippen LogP contribution in [0.5, 0.6) is 0 Å². The minimum Gasteiger partial charge on any atom is -0.140 e. The van der Waals surface area contributed by atoms with E-state index in [9.17, 15) is 0 Å². The fraction of sp³-hybridized carbons (Fsp3) is 0.130. The zero-order valence-corrected chi connectivity index (χ0v) is 14.9. The average Bonchev–Trinajstić information content (AvgIpc) is 2.86. The molecule has 0 fully saturated rings. The molecule has 5 rings (SSSR count). The smallest absolute Gasteiger partial charge is 0.0357 e. The van der Waals surface area contributed by atoms with Crippen LogP contribution in [0.3, 0.4) is 0 Å². The van der Waals surface area contributed by atoms with Crippen LogP contribution in [0.15, 0.2) is 54.6 Å². The summed E-state index contributed by atoms with van der Waals surface area (Å²) in [5, 5.41) is 9.57. The summed E-state index contributed by atoms with van der Waals surface area (Å²) >= 11 is 1.92. The number of hydrogen-bond acceptors (Lipinski definition) is 1. The Morgan fingerprint density at radius 2 is 1.42 bits per heavy atom. The number of rotatable bonds is 0. The molecule has 0 bridgehead atoms. The van der Waals surface area contributed by atoms with Crippen LogP contribution >= 0.6 is 11.3 Å². The van der Waals surface area contributed by atoms with Gasteiger partial charge in [0.2, 0.25) is 0 Å². The molecule has 0 aliphatic heterocycles. The summed E-state index contributed by atoms with van der Waals surface area (Å²) < 4.78 is 1.41. The molecule has 0 aliphatic carbocycles. The summed E-state index contributed by atoms with van der Waals surface area (Å²) in [6.07, 6.45) is 0. The van der Waals surface area contributed by atoms with Gasteiger partial charge in [0.1, 0.15) is 0 Å². The molecule has 0 N–H and O–H groups in total. The van der Waals surface area contributed by atoms with E-state index >= 15 is 0 Å². The normalized spacial score (nSPS) is 12.0. The van der Waals surface area contributed by atoms with Crippen LogP contribution in [-0.4, -0.2) is 0 Å². The molecular formula is C23H18S. The molecule has 0 aliphatic rings. The van der Waals surface area contributed by atoms with Gasteiger partial charge in [0.25, 0.3) is 0 Å². The summed E-state index contributed by atoms with van der Waals surface area (Å²) in [4.78, 5) is 1.43. The first-order valence-electron chi connectivity index (χ1n) is 8.38. The minimum absolute atomic E-state index is 1.31. The lowest BCUT2D eigenvalue weighted by Gasteiger charge is -2.11. The van der Waals surface area contributed by atoms with Gasteiger partial charge in [0.05, 0.1) is 0 Å². The lowest BCUT2D eigenvalue weighted by molar-refractivity contribution is 1.47. The number of fused-ring (bicyclic) bond motifs is 6. The fourth-order valence-corrected chi connectivity index (χ4v) is 5.19. The third-order valence-electron chi connectivity index (χ3n) is 5.31.